The van der Waals surface area contributed by atoms with Gasteiger partial charge < -0.3 is 10.1 Å². The summed E-state index contributed by atoms with van der Waals surface area (Å²) in [5.41, 5.74) is 1.89. The zero-order valence-electron chi connectivity index (χ0n) is 16.2. The summed E-state index contributed by atoms with van der Waals surface area (Å²) >= 11 is 0. The van der Waals surface area contributed by atoms with Gasteiger partial charge in [0, 0.05) is 23.5 Å². The normalized spacial score (nSPS) is 15.5. The highest BCUT2D eigenvalue weighted by Gasteiger charge is 2.33. The van der Waals surface area contributed by atoms with Gasteiger partial charge in [0.15, 0.2) is 5.65 Å². The van der Waals surface area contributed by atoms with Gasteiger partial charge in [0.25, 0.3) is 5.56 Å². The molecule has 0 atom stereocenters. The molecule has 30 heavy (non-hydrogen) atoms. The molecule has 1 aliphatic heterocycles. The van der Waals surface area contributed by atoms with Crippen molar-refractivity contribution in [2.75, 3.05) is 13.1 Å². The topological polar surface area (TPSA) is 81.9 Å². The highest BCUT2D eigenvalue weighted by atomic mass is 19.4. The van der Waals surface area contributed by atoms with Crippen LogP contribution >= 0.6 is 0 Å². The number of pyridine rings is 2. The molecule has 3 aromatic rings. The maximum atomic E-state index is 13.4. The summed E-state index contributed by atoms with van der Waals surface area (Å²) in [4.78, 5) is 25.9. The molecule has 0 aromatic carbocycles. The summed E-state index contributed by atoms with van der Waals surface area (Å²) in [6, 6.07) is 4.71. The summed E-state index contributed by atoms with van der Waals surface area (Å²) in [5.74, 6) is -0.532. The van der Waals surface area contributed by atoms with Gasteiger partial charge in [-0.15, -0.1) is 13.2 Å². The van der Waals surface area contributed by atoms with E-state index in [1.165, 1.54) is 22.9 Å². The quantitative estimate of drug-likeness (QED) is 0.700. The number of ether oxygens (including phenoxy) is 1. The lowest BCUT2D eigenvalue weighted by Crippen LogP contribution is -2.32. The third-order valence-corrected chi connectivity index (χ3v) is 5.11. The summed E-state index contributed by atoms with van der Waals surface area (Å²) in [6.07, 6.45) is -0.472. The maximum absolute atomic E-state index is 13.4. The van der Waals surface area contributed by atoms with E-state index in [-0.39, 0.29) is 23.6 Å². The van der Waals surface area contributed by atoms with Crippen LogP contribution in [0.15, 0.2) is 35.4 Å². The first-order valence-electron chi connectivity index (χ1n) is 9.59. The number of piperidine rings is 1. The van der Waals surface area contributed by atoms with Crippen molar-refractivity contribution in [3.63, 3.8) is 0 Å². The van der Waals surface area contributed by atoms with Crippen LogP contribution in [0, 0.1) is 6.92 Å². The molecule has 1 aliphatic rings. The average molecular weight is 419 g/mol. The second-order valence-electron chi connectivity index (χ2n) is 7.25. The highest BCUT2D eigenvalue weighted by molar-refractivity contribution is 5.71. The first-order chi connectivity index (χ1) is 14.3. The van der Waals surface area contributed by atoms with E-state index < -0.39 is 12.2 Å². The molecule has 0 unspecified atom stereocenters. The largest absolute Gasteiger partial charge is 0.574 e. The number of nitrogens with zero attached hydrogens (tertiary/aromatic N) is 4. The van der Waals surface area contributed by atoms with Crippen LogP contribution in [-0.2, 0) is 6.54 Å². The zero-order valence-corrected chi connectivity index (χ0v) is 16.2. The molecule has 0 aliphatic carbocycles. The van der Waals surface area contributed by atoms with Gasteiger partial charge in [0.2, 0.25) is 5.88 Å². The standard InChI is InChI=1S/C20H20F3N5O2/c1-12-10-26-16-9-15(13-4-7-24-8-5-13)19(29)28(17(16)27-12)11-14-3-2-6-25-18(14)30-20(21,22)23/h2-3,6,9-10,13,24H,4-5,7-8,11H2,1H3. The lowest BCUT2D eigenvalue weighted by Gasteiger charge is -2.23. The lowest BCUT2D eigenvalue weighted by molar-refractivity contribution is -0.276. The Morgan fingerprint density at radius 3 is 2.77 bits per heavy atom. The molecule has 1 saturated heterocycles. The minimum atomic E-state index is -4.89. The highest BCUT2D eigenvalue weighted by Crippen LogP contribution is 2.27. The van der Waals surface area contributed by atoms with E-state index in [1.807, 2.05) is 0 Å². The summed E-state index contributed by atoms with van der Waals surface area (Å²) in [6.45, 7) is 3.18. The zero-order chi connectivity index (χ0) is 21.3. The Hall–Kier alpha value is -3.01. The van der Waals surface area contributed by atoms with Gasteiger partial charge in [-0.1, -0.05) is 6.07 Å². The van der Waals surface area contributed by atoms with Crippen LogP contribution in [-0.4, -0.2) is 39.0 Å². The number of aryl methyl sites for hydroxylation is 1. The number of alkyl halides is 3. The van der Waals surface area contributed by atoms with E-state index in [0.29, 0.717) is 22.4 Å². The fourth-order valence-corrected chi connectivity index (χ4v) is 3.72. The second kappa shape index (κ2) is 8.02. The molecule has 0 spiro atoms. The van der Waals surface area contributed by atoms with Crippen LogP contribution in [0.5, 0.6) is 5.88 Å². The van der Waals surface area contributed by atoms with Crippen molar-refractivity contribution < 1.29 is 17.9 Å². The van der Waals surface area contributed by atoms with Crippen molar-refractivity contribution >= 4 is 11.2 Å². The van der Waals surface area contributed by atoms with Crippen LogP contribution in [0.25, 0.3) is 11.2 Å². The smallest absolute Gasteiger partial charge is 0.388 e. The number of nitrogens with one attached hydrogen (secondary N) is 1. The number of hydrogen-bond donors (Lipinski definition) is 1. The molecular formula is C20H20F3N5O2. The van der Waals surface area contributed by atoms with Crippen molar-refractivity contribution in [2.24, 2.45) is 0 Å². The third-order valence-electron chi connectivity index (χ3n) is 5.11. The van der Waals surface area contributed by atoms with Crippen molar-refractivity contribution in [3.05, 3.63) is 57.8 Å². The molecule has 10 heteroatoms. The average Bonchev–Trinajstić information content (AvgIpc) is 2.71. The van der Waals surface area contributed by atoms with Gasteiger partial charge in [-0.05, 0) is 50.9 Å². The van der Waals surface area contributed by atoms with Crippen LogP contribution < -0.4 is 15.6 Å². The number of hydrogen-bond acceptors (Lipinski definition) is 6. The van der Waals surface area contributed by atoms with Gasteiger partial charge in [-0.3, -0.25) is 14.3 Å². The fraction of sp³-hybridized carbons (Fsp3) is 0.400. The molecule has 7 nitrogen and oxygen atoms in total. The molecule has 4 heterocycles. The van der Waals surface area contributed by atoms with Crippen LogP contribution in [0.2, 0.25) is 0 Å². The molecular weight excluding hydrogens is 399 g/mol. The number of halogens is 3. The van der Waals surface area contributed by atoms with Crippen LogP contribution in [0.3, 0.4) is 0 Å². The molecule has 1 fully saturated rings. The van der Waals surface area contributed by atoms with E-state index >= 15 is 0 Å². The molecule has 3 aromatic heterocycles. The molecule has 0 saturated carbocycles. The molecule has 158 valence electrons. The van der Waals surface area contributed by atoms with Gasteiger partial charge >= 0.3 is 6.36 Å². The van der Waals surface area contributed by atoms with E-state index in [0.717, 1.165) is 25.9 Å². The summed E-state index contributed by atoms with van der Waals surface area (Å²) < 4.78 is 43.8. The molecule has 0 radical (unpaired) electrons. The lowest BCUT2D eigenvalue weighted by atomic mass is 9.91. The monoisotopic (exact) mass is 419 g/mol. The van der Waals surface area contributed by atoms with Crippen LogP contribution in [0.4, 0.5) is 13.2 Å². The van der Waals surface area contributed by atoms with Gasteiger partial charge in [-0.25, -0.2) is 9.97 Å². The first-order valence-corrected chi connectivity index (χ1v) is 9.59. The van der Waals surface area contributed by atoms with Crippen LogP contribution in [0.1, 0.15) is 35.6 Å². The van der Waals surface area contributed by atoms with E-state index in [2.05, 4.69) is 25.0 Å². The minimum Gasteiger partial charge on any atom is -0.388 e. The predicted octanol–water partition coefficient (Wildman–Crippen LogP) is 2.91. The number of fused-ring (bicyclic) bond motifs is 1. The fourth-order valence-electron chi connectivity index (χ4n) is 3.72. The molecule has 0 amide bonds. The van der Waals surface area contributed by atoms with Crippen molar-refractivity contribution in [3.8, 4) is 5.88 Å². The molecule has 1 N–H and O–H groups in total. The Kier molecular flexibility index (Phi) is 5.42. The van der Waals surface area contributed by atoms with Crippen molar-refractivity contribution in [2.45, 2.75) is 38.6 Å². The first kappa shape index (κ1) is 20.3. The summed E-state index contributed by atoms with van der Waals surface area (Å²) in [7, 11) is 0. The van der Waals surface area contributed by atoms with Crippen molar-refractivity contribution in [1.82, 2.24) is 24.8 Å². The minimum absolute atomic E-state index is 0.0531. The van der Waals surface area contributed by atoms with E-state index in [9.17, 15) is 18.0 Å². The van der Waals surface area contributed by atoms with Crippen molar-refractivity contribution in [1.29, 1.82) is 0 Å². The Morgan fingerprint density at radius 2 is 2.03 bits per heavy atom. The molecule has 4 rings (SSSR count). The Balaban J connectivity index is 1.85. The van der Waals surface area contributed by atoms with E-state index in [1.54, 1.807) is 19.2 Å². The van der Waals surface area contributed by atoms with E-state index in [4.69, 9.17) is 0 Å². The number of rotatable bonds is 4. The third kappa shape index (κ3) is 4.28. The predicted molar refractivity (Wildman–Crippen MR) is 103 cm³/mol. The SMILES string of the molecule is Cc1cnc2cc(C3CCNCC3)c(=O)n(Cc3cccnc3OC(F)(F)F)c2n1. The van der Waals surface area contributed by atoms with Gasteiger partial charge in [0.1, 0.15) is 5.52 Å². The Labute approximate surface area is 169 Å². The maximum Gasteiger partial charge on any atom is 0.574 e. The number of aromatic nitrogens is 4. The van der Waals surface area contributed by atoms with Gasteiger partial charge in [-0.2, -0.15) is 0 Å². The molecule has 0 bridgehead atoms. The van der Waals surface area contributed by atoms with Gasteiger partial charge in [0.05, 0.1) is 12.2 Å². The second-order valence-corrected chi connectivity index (χ2v) is 7.25. The Bertz CT molecular complexity index is 1120. The Morgan fingerprint density at radius 1 is 1.27 bits per heavy atom. The summed E-state index contributed by atoms with van der Waals surface area (Å²) in [5, 5.41) is 3.26.